The zero-order valence-corrected chi connectivity index (χ0v) is 11.4. The molecule has 0 amide bonds. The van der Waals surface area contributed by atoms with E-state index >= 15 is 0 Å². The molecular weight excluding hydrogens is 226 g/mol. The highest BCUT2D eigenvalue weighted by Crippen LogP contribution is 2.30. The molecule has 0 spiro atoms. The number of hydrogen-bond acceptors (Lipinski definition) is 4. The van der Waals surface area contributed by atoms with Gasteiger partial charge in [-0.3, -0.25) is 5.41 Å². The summed E-state index contributed by atoms with van der Waals surface area (Å²) in [6, 6.07) is 5.78. The molecule has 0 aliphatic rings. The van der Waals surface area contributed by atoms with Crippen LogP contribution in [0.25, 0.3) is 0 Å². The molecule has 0 bridgehead atoms. The van der Waals surface area contributed by atoms with Crippen molar-refractivity contribution in [3.8, 4) is 5.75 Å². The molecule has 0 saturated heterocycles. The second kappa shape index (κ2) is 6.69. The van der Waals surface area contributed by atoms with Gasteiger partial charge in [-0.1, -0.05) is 6.07 Å². The third-order valence-corrected chi connectivity index (χ3v) is 2.61. The van der Waals surface area contributed by atoms with Crippen LogP contribution in [-0.4, -0.2) is 26.4 Å². The van der Waals surface area contributed by atoms with Gasteiger partial charge in [0.15, 0.2) is 5.75 Å². The molecule has 1 aromatic carbocycles. The lowest BCUT2D eigenvalue weighted by Gasteiger charge is -2.15. The maximum Gasteiger partial charge on any atom is 0.151 e. The summed E-state index contributed by atoms with van der Waals surface area (Å²) in [5, 5.41) is 14.4. The SMILES string of the molecule is CCNc1cccc(C(=N)/C(C)=C\NC)c1OC. The molecule has 18 heavy (non-hydrogen) atoms. The summed E-state index contributed by atoms with van der Waals surface area (Å²) < 4.78 is 5.43. The van der Waals surface area contributed by atoms with Crippen LogP contribution >= 0.6 is 0 Å². The molecule has 0 heterocycles. The summed E-state index contributed by atoms with van der Waals surface area (Å²) >= 11 is 0. The maximum absolute atomic E-state index is 8.20. The van der Waals surface area contributed by atoms with Gasteiger partial charge in [-0.15, -0.1) is 0 Å². The first-order valence-corrected chi connectivity index (χ1v) is 5.99. The summed E-state index contributed by atoms with van der Waals surface area (Å²) in [4.78, 5) is 0. The van der Waals surface area contributed by atoms with Crippen molar-refractivity contribution in [2.75, 3.05) is 26.0 Å². The zero-order chi connectivity index (χ0) is 13.5. The van der Waals surface area contributed by atoms with E-state index < -0.39 is 0 Å². The Kier molecular flexibility index (Phi) is 5.24. The monoisotopic (exact) mass is 247 g/mol. The van der Waals surface area contributed by atoms with Crippen molar-refractivity contribution < 1.29 is 4.74 Å². The molecule has 1 rings (SSSR count). The third-order valence-electron chi connectivity index (χ3n) is 2.61. The second-order valence-corrected chi connectivity index (χ2v) is 3.91. The number of hydrogen-bond donors (Lipinski definition) is 3. The average molecular weight is 247 g/mol. The Bertz CT molecular complexity index is 452. The van der Waals surface area contributed by atoms with E-state index in [9.17, 15) is 0 Å². The normalized spacial score (nSPS) is 11.0. The second-order valence-electron chi connectivity index (χ2n) is 3.91. The van der Waals surface area contributed by atoms with Crippen LogP contribution in [0.1, 0.15) is 19.4 Å². The quantitative estimate of drug-likeness (QED) is 0.677. The van der Waals surface area contributed by atoms with Crippen LogP contribution in [0.4, 0.5) is 5.69 Å². The van der Waals surface area contributed by atoms with E-state index in [2.05, 4.69) is 10.6 Å². The lowest BCUT2D eigenvalue weighted by molar-refractivity contribution is 0.415. The first-order valence-electron chi connectivity index (χ1n) is 5.99. The number of rotatable bonds is 6. The molecule has 0 fully saturated rings. The molecule has 0 aliphatic heterocycles. The van der Waals surface area contributed by atoms with Crippen molar-refractivity contribution in [2.45, 2.75) is 13.8 Å². The van der Waals surface area contributed by atoms with E-state index in [-0.39, 0.29) is 0 Å². The number of para-hydroxylation sites is 1. The average Bonchev–Trinajstić information content (AvgIpc) is 2.38. The molecule has 0 aromatic heterocycles. The summed E-state index contributed by atoms with van der Waals surface area (Å²) in [5.41, 5.74) is 3.03. The van der Waals surface area contributed by atoms with Gasteiger partial charge in [-0.25, -0.2) is 0 Å². The summed E-state index contributed by atoms with van der Waals surface area (Å²) in [6.45, 7) is 4.75. The van der Waals surface area contributed by atoms with E-state index in [0.717, 1.165) is 23.4 Å². The number of nitrogens with one attached hydrogen (secondary N) is 3. The lowest BCUT2D eigenvalue weighted by Crippen LogP contribution is -2.09. The Hall–Kier alpha value is -1.97. The fourth-order valence-corrected chi connectivity index (χ4v) is 1.78. The smallest absolute Gasteiger partial charge is 0.151 e. The number of benzene rings is 1. The Morgan fingerprint density at radius 3 is 2.72 bits per heavy atom. The number of allylic oxidation sites excluding steroid dienone is 1. The van der Waals surface area contributed by atoms with Gasteiger partial charge < -0.3 is 15.4 Å². The molecule has 0 unspecified atom stereocenters. The van der Waals surface area contributed by atoms with Crippen molar-refractivity contribution in [1.82, 2.24) is 5.32 Å². The van der Waals surface area contributed by atoms with Gasteiger partial charge in [0.25, 0.3) is 0 Å². The van der Waals surface area contributed by atoms with Gasteiger partial charge in [0.05, 0.1) is 18.5 Å². The third kappa shape index (κ3) is 3.03. The largest absolute Gasteiger partial charge is 0.494 e. The van der Waals surface area contributed by atoms with E-state index in [1.807, 2.05) is 45.3 Å². The predicted molar refractivity (Wildman–Crippen MR) is 76.8 cm³/mol. The topological polar surface area (TPSA) is 57.1 Å². The molecule has 98 valence electrons. The van der Waals surface area contributed by atoms with Crippen molar-refractivity contribution in [1.29, 1.82) is 5.41 Å². The number of methoxy groups -OCH3 is 1. The number of ether oxygens (including phenoxy) is 1. The lowest BCUT2D eigenvalue weighted by atomic mass is 10.0. The van der Waals surface area contributed by atoms with Gasteiger partial charge in [0, 0.05) is 25.4 Å². The van der Waals surface area contributed by atoms with Gasteiger partial charge in [-0.05, 0) is 31.6 Å². The summed E-state index contributed by atoms with van der Waals surface area (Å²) in [6.07, 6.45) is 1.81. The van der Waals surface area contributed by atoms with Crippen molar-refractivity contribution in [3.05, 3.63) is 35.5 Å². The molecule has 4 nitrogen and oxygen atoms in total. The number of anilines is 1. The minimum absolute atomic E-state index is 0.459. The Balaban J connectivity index is 3.20. The Labute approximate surface area is 109 Å². The molecule has 0 atom stereocenters. The van der Waals surface area contributed by atoms with E-state index in [1.165, 1.54) is 0 Å². The molecule has 3 N–H and O–H groups in total. The molecule has 4 heteroatoms. The Morgan fingerprint density at radius 2 is 2.17 bits per heavy atom. The first-order chi connectivity index (χ1) is 8.65. The highest BCUT2D eigenvalue weighted by atomic mass is 16.5. The fourth-order valence-electron chi connectivity index (χ4n) is 1.78. The maximum atomic E-state index is 8.20. The minimum atomic E-state index is 0.459. The highest BCUT2D eigenvalue weighted by Gasteiger charge is 2.13. The molecule has 0 radical (unpaired) electrons. The zero-order valence-electron chi connectivity index (χ0n) is 11.4. The molecular formula is C14H21N3O. The summed E-state index contributed by atoms with van der Waals surface area (Å²) in [5.74, 6) is 0.716. The van der Waals surface area contributed by atoms with Crippen molar-refractivity contribution >= 4 is 11.4 Å². The van der Waals surface area contributed by atoms with Crippen LogP contribution in [0.3, 0.4) is 0 Å². The van der Waals surface area contributed by atoms with Crippen LogP contribution in [0.5, 0.6) is 5.75 Å². The van der Waals surface area contributed by atoms with Gasteiger partial charge in [-0.2, -0.15) is 0 Å². The van der Waals surface area contributed by atoms with Gasteiger partial charge in [0.2, 0.25) is 0 Å². The van der Waals surface area contributed by atoms with Gasteiger partial charge in [0.1, 0.15) is 0 Å². The molecule has 0 aliphatic carbocycles. The van der Waals surface area contributed by atoms with Crippen LogP contribution in [-0.2, 0) is 0 Å². The Morgan fingerprint density at radius 1 is 1.44 bits per heavy atom. The van der Waals surface area contributed by atoms with Crippen LogP contribution in [0.15, 0.2) is 30.0 Å². The summed E-state index contributed by atoms with van der Waals surface area (Å²) in [7, 11) is 3.45. The molecule has 0 saturated carbocycles. The van der Waals surface area contributed by atoms with Crippen molar-refractivity contribution in [3.63, 3.8) is 0 Å². The standard InChI is InChI=1S/C14H21N3O/c1-5-17-12-8-6-7-11(14(12)18-4)13(15)10(2)9-16-3/h6-9,15-17H,5H2,1-4H3/b10-9-,15-13?. The van der Waals surface area contributed by atoms with Gasteiger partial charge >= 0.3 is 0 Å². The van der Waals surface area contributed by atoms with E-state index in [0.29, 0.717) is 11.5 Å². The molecule has 1 aromatic rings. The predicted octanol–water partition coefficient (Wildman–Crippen LogP) is 2.62. The fraction of sp³-hybridized carbons (Fsp3) is 0.357. The highest BCUT2D eigenvalue weighted by molar-refractivity contribution is 6.12. The minimum Gasteiger partial charge on any atom is -0.494 e. The van der Waals surface area contributed by atoms with E-state index in [1.54, 1.807) is 7.11 Å². The van der Waals surface area contributed by atoms with E-state index in [4.69, 9.17) is 10.1 Å². The van der Waals surface area contributed by atoms with Crippen molar-refractivity contribution in [2.24, 2.45) is 0 Å². The van der Waals surface area contributed by atoms with Crippen LogP contribution < -0.4 is 15.4 Å². The first kappa shape index (κ1) is 14.1. The van der Waals surface area contributed by atoms with Crippen LogP contribution in [0, 0.1) is 5.41 Å². The van der Waals surface area contributed by atoms with Crippen LogP contribution in [0.2, 0.25) is 0 Å².